The van der Waals surface area contributed by atoms with Crippen LogP contribution in [0.2, 0.25) is 5.02 Å². The first-order chi connectivity index (χ1) is 6.70. The van der Waals surface area contributed by atoms with Crippen molar-refractivity contribution in [3.05, 3.63) is 41.2 Å². The second-order valence-electron chi connectivity index (χ2n) is 2.82. The van der Waals surface area contributed by atoms with Crippen LogP contribution in [0.15, 0.2) is 30.6 Å². The van der Waals surface area contributed by atoms with Crippen molar-refractivity contribution < 1.29 is 9.90 Å². The van der Waals surface area contributed by atoms with Crippen LogP contribution in [-0.2, 0) is 0 Å². The lowest BCUT2D eigenvalue weighted by molar-refractivity contribution is 0.0699. The van der Waals surface area contributed by atoms with Crippen LogP contribution in [0.5, 0.6) is 0 Å². The van der Waals surface area contributed by atoms with Gasteiger partial charge in [0.15, 0.2) is 0 Å². The minimum Gasteiger partial charge on any atom is -0.478 e. The van der Waals surface area contributed by atoms with E-state index in [1.165, 1.54) is 6.20 Å². The molecule has 0 radical (unpaired) electrons. The summed E-state index contributed by atoms with van der Waals surface area (Å²) in [5.74, 6) is -1.03. The normalized spacial score (nSPS) is 10.4. The van der Waals surface area contributed by atoms with Crippen molar-refractivity contribution in [3.8, 4) is 0 Å². The number of aromatic nitrogens is 1. The van der Waals surface area contributed by atoms with Gasteiger partial charge in [0.05, 0.1) is 10.6 Å². The number of hydrogen-bond acceptors (Lipinski definition) is 2. The van der Waals surface area contributed by atoms with Crippen LogP contribution in [0.25, 0.3) is 10.8 Å². The fraction of sp³-hybridized carbons (Fsp3) is 0. The fourth-order valence-corrected chi connectivity index (χ4v) is 1.60. The molecule has 0 bridgehead atoms. The Hall–Kier alpha value is -1.61. The summed E-state index contributed by atoms with van der Waals surface area (Å²) in [7, 11) is 0. The second kappa shape index (κ2) is 3.27. The van der Waals surface area contributed by atoms with Gasteiger partial charge in [-0.15, -0.1) is 0 Å². The number of carbonyl (C=O) groups is 1. The van der Waals surface area contributed by atoms with Crippen molar-refractivity contribution in [2.45, 2.75) is 0 Å². The first-order valence-electron chi connectivity index (χ1n) is 3.95. The Morgan fingerprint density at radius 2 is 2.14 bits per heavy atom. The van der Waals surface area contributed by atoms with Crippen molar-refractivity contribution >= 4 is 28.3 Å². The maximum Gasteiger partial charge on any atom is 0.337 e. The maximum absolute atomic E-state index is 10.9. The minimum absolute atomic E-state index is 0.109. The van der Waals surface area contributed by atoms with Gasteiger partial charge >= 0.3 is 5.97 Å². The van der Waals surface area contributed by atoms with Gasteiger partial charge in [-0.25, -0.2) is 4.79 Å². The summed E-state index contributed by atoms with van der Waals surface area (Å²) in [6.45, 7) is 0. The molecular formula is C10H6ClNO2. The van der Waals surface area contributed by atoms with Crippen molar-refractivity contribution in [1.29, 1.82) is 0 Å². The Bertz CT molecular complexity index is 510. The predicted octanol–water partition coefficient (Wildman–Crippen LogP) is 2.59. The molecular weight excluding hydrogens is 202 g/mol. The van der Waals surface area contributed by atoms with E-state index in [4.69, 9.17) is 16.7 Å². The summed E-state index contributed by atoms with van der Waals surface area (Å²) < 4.78 is 0. The highest BCUT2D eigenvalue weighted by Crippen LogP contribution is 2.25. The zero-order chi connectivity index (χ0) is 10.1. The van der Waals surface area contributed by atoms with Gasteiger partial charge in [0.25, 0.3) is 0 Å². The molecule has 2 rings (SSSR count). The fourth-order valence-electron chi connectivity index (χ4n) is 1.35. The molecule has 1 heterocycles. The van der Waals surface area contributed by atoms with E-state index in [9.17, 15) is 4.79 Å². The van der Waals surface area contributed by atoms with E-state index in [0.717, 1.165) is 5.39 Å². The molecule has 3 nitrogen and oxygen atoms in total. The van der Waals surface area contributed by atoms with E-state index in [1.54, 1.807) is 24.4 Å². The molecule has 0 saturated carbocycles. The molecule has 0 aliphatic heterocycles. The molecule has 4 heteroatoms. The van der Waals surface area contributed by atoms with Gasteiger partial charge in [-0.05, 0) is 17.5 Å². The molecule has 70 valence electrons. The standard InChI is InChI=1S/C10H6ClNO2/c11-8-2-1-6-3-4-12-5-7(6)9(8)10(13)14/h1-5H,(H,13,14). The Kier molecular flexibility index (Phi) is 2.09. The molecule has 0 amide bonds. The van der Waals surface area contributed by atoms with E-state index >= 15 is 0 Å². The monoisotopic (exact) mass is 207 g/mol. The average Bonchev–Trinajstić information content (AvgIpc) is 2.17. The van der Waals surface area contributed by atoms with Gasteiger partial charge in [0, 0.05) is 17.8 Å². The van der Waals surface area contributed by atoms with Gasteiger partial charge in [-0.2, -0.15) is 0 Å². The summed E-state index contributed by atoms with van der Waals surface area (Å²) in [4.78, 5) is 14.8. The largest absolute Gasteiger partial charge is 0.478 e. The lowest BCUT2D eigenvalue weighted by Gasteiger charge is -2.03. The van der Waals surface area contributed by atoms with E-state index in [2.05, 4.69) is 4.98 Å². The number of hydrogen-bond donors (Lipinski definition) is 1. The Morgan fingerprint density at radius 1 is 1.36 bits per heavy atom. The smallest absolute Gasteiger partial charge is 0.337 e. The number of rotatable bonds is 1. The van der Waals surface area contributed by atoms with Crippen molar-refractivity contribution in [3.63, 3.8) is 0 Å². The lowest BCUT2D eigenvalue weighted by atomic mass is 10.1. The Morgan fingerprint density at radius 3 is 2.86 bits per heavy atom. The first kappa shape index (κ1) is 8.97. The molecule has 1 N–H and O–H groups in total. The molecule has 1 aromatic heterocycles. The molecule has 14 heavy (non-hydrogen) atoms. The van der Waals surface area contributed by atoms with Gasteiger partial charge in [-0.3, -0.25) is 4.98 Å². The van der Waals surface area contributed by atoms with E-state index in [-0.39, 0.29) is 10.6 Å². The molecule has 1 aromatic carbocycles. The molecule has 0 aliphatic carbocycles. The van der Waals surface area contributed by atoms with E-state index in [0.29, 0.717) is 5.39 Å². The first-order valence-corrected chi connectivity index (χ1v) is 4.33. The summed E-state index contributed by atoms with van der Waals surface area (Å²) in [6, 6.07) is 5.09. The molecule has 2 aromatic rings. The van der Waals surface area contributed by atoms with Crippen molar-refractivity contribution in [2.75, 3.05) is 0 Å². The minimum atomic E-state index is -1.03. The lowest BCUT2D eigenvalue weighted by Crippen LogP contribution is -1.98. The van der Waals surface area contributed by atoms with Crippen molar-refractivity contribution in [1.82, 2.24) is 4.98 Å². The molecule has 0 saturated heterocycles. The molecule has 0 spiro atoms. The quantitative estimate of drug-likeness (QED) is 0.782. The number of carboxylic acid groups (broad SMARTS) is 1. The van der Waals surface area contributed by atoms with E-state index in [1.807, 2.05) is 0 Å². The maximum atomic E-state index is 10.9. The van der Waals surface area contributed by atoms with Crippen LogP contribution in [0.3, 0.4) is 0 Å². The highest BCUT2D eigenvalue weighted by atomic mass is 35.5. The number of aromatic carboxylic acids is 1. The van der Waals surface area contributed by atoms with Crippen LogP contribution in [0.4, 0.5) is 0 Å². The third-order valence-electron chi connectivity index (χ3n) is 1.99. The predicted molar refractivity (Wildman–Crippen MR) is 53.7 cm³/mol. The highest BCUT2D eigenvalue weighted by molar-refractivity contribution is 6.35. The van der Waals surface area contributed by atoms with Crippen LogP contribution in [-0.4, -0.2) is 16.1 Å². The Balaban J connectivity index is 2.90. The third kappa shape index (κ3) is 1.32. The summed E-state index contributed by atoms with van der Waals surface area (Å²) in [5, 5.41) is 10.6. The van der Waals surface area contributed by atoms with Gasteiger partial charge in [-0.1, -0.05) is 17.7 Å². The average molecular weight is 208 g/mol. The van der Waals surface area contributed by atoms with E-state index < -0.39 is 5.97 Å². The zero-order valence-electron chi connectivity index (χ0n) is 7.07. The summed E-state index contributed by atoms with van der Waals surface area (Å²) >= 11 is 5.79. The third-order valence-corrected chi connectivity index (χ3v) is 2.30. The van der Waals surface area contributed by atoms with Crippen LogP contribution in [0.1, 0.15) is 10.4 Å². The number of benzene rings is 1. The SMILES string of the molecule is O=C(O)c1c(Cl)ccc2ccncc12. The number of nitrogens with zero attached hydrogens (tertiary/aromatic N) is 1. The number of fused-ring (bicyclic) bond motifs is 1. The number of pyridine rings is 1. The zero-order valence-corrected chi connectivity index (χ0v) is 7.82. The highest BCUT2D eigenvalue weighted by Gasteiger charge is 2.12. The van der Waals surface area contributed by atoms with Crippen molar-refractivity contribution in [2.24, 2.45) is 0 Å². The van der Waals surface area contributed by atoms with Crippen LogP contribution < -0.4 is 0 Å². The second-order valence-corrected chi connectivity index (χ2v) is 3.23. The number of carboxylic acids is 1. The van der Waals surface area contributed by atoms with Crippen LogP contribution >= 0.6 is 11.6 Å². The Labute approximate surface area is 85.0 Å². The number of halogens is 1. The molecule has 0 atom stereocenters. The summed E-state index contributed by atoms with van der Waals surface area (Å²) in [5.41, 5.74) is 0.109. The topological polar surface area (TPSA) is 50.2 Å². The van der Waals surface area contributed by atoms with Gasteiger partial charge in [0.1, 0.15) is 0 Å². The molecule has 0 unspecified atom stereocenters. The summed E-state index contributed by atoms with van der Waals surface area (Å²) in [6.07, 6.45) is 3.12. The van der Waals surface area contributed by atoms with Gasteiger partial charge < -0.3 is 5.11 Å². The molecule has 0 fully saturated rings. The van der Waals surface area contributed by atoms with Gasteiger partial charge in [0.2, 0.25) is 0 Å². The van der Waals surface area contributed by atoms with Crippen LogP contribution in [0, 0.1) is 0 Å². The molecule has 0 aliphatic rings.